The minimum Gasteiger partial charge on any atom is -0.506 e. The molecule has 0 amide bonds. The Labute approximate surface area is 163 Å². The molecule has 0 aromatic heterocycles. The number of unbranched alkanes of at least 4 members (excludes halogenated alkanes) is 12. The highest BCUT2D eigenvalue weighted by Gasteiger charge is 2.10. The second kappa shape index (κ2) is 16.0. The molecular formula is C24H43NO. The van der Waals surface area contributed by atoms with Crippen molar-refractivity contribution in [2.45, 2.75) is 104 Å². The SMILES string of the molecule is CCCCCCCCCN(CCCCCCCCC)c1ccccc1O. The van der Waals surface area contributed by atoms with E-state index in [1.807, 2.05) is 18.2 Å². The Morgan fingerprint density at radius 3 is 1.50 bits per heavy atom. The normalized spacial score (nSPS) is 11.0. The van der Waals surface area contributed by atoms with Crippen LogP contribution in [0.1, 0.15) is 104 Å². The predicted octanol–water partition coefficient (Wildman–Crippen LogP) is 7.70. The fraction of sp³-hybridized carbons (Fsp3) is 0.750. The monoisotopic (exact) mass is 361 g/mol. The molecule has 0 radical (unpaired) electrons. The minimum atomic E-state index is 0.429. The summed E-state index contributed by atoms with van der Waals surface area (Å²) in [6, 6.07) is 7.84. The fourth-order valence-electron chi connectivity index (χ4n) is 3.60. The summed E-state index contributed by atoms with van der Waals surface area (Å²) in [7, 11) is 0. The van der Waals surface area contributed by atoms with Gasteiger partial charge in [0.25, 0.3) is 0 Å². The van der Waals surface area contributed by atoms with Crippen LogP contribution in [0.25, 0.3) is 0 Å². The fourth-order valence-corrected chi connectivity index (χ4v) is 3.60. The van der Waals surface area contributed by atoms with Crippen molar-refractivity contribution in [3.63, 3.8) is 0 Å². The molecule has 0 aliphatic heterocycles. The number of benzene rings is 1. The van der Waals surface area contributed by atoms with E-state index in [1.54, 1.807) is 0 Å². The van der Waals surface area contributed by atoms with Gasteiger partial charge in [0.1, 0.15) is 5.75 Å². The second-order valence-corrected chi connectivity index (χ2v) is 7.72. The molecule has 0 unspecified atom stereocenters. The summed E-state index contributed by atoms with van der Waals surface area (Å²) in [6.45, 7) is 6.68. The zero-order valence-corrected chi connectivity index (χ0v) is 17.5. The summed E-state index contributed by atoms with van der Waals surface area (Å²) in [6.07, 6.45) is 18.7. The van der Waals surface area contributed by atoms with E-state index in [0.717, 1.165) is 18.8 Å². The van der Waals surface area contributed by atoms with Gasteiger partial charge in [-0.3, -0.25) is 0 Å². The van der Waals surface area contributed by atoms with Crippen molar-refractivity contribution in [1.29, 1.82) is 0 Å². The average molecular weight is 362 g/mol. The molecule has 0 atom stereocenters. The third-order valence-corrected chi connectivity index (χ3v) is 5.29. The van der Waals surface area contributed by atoms with Gasteiger partial charge in [-0.2, -0.15) is 0 Å². The maximum atomic E-state index is 10.2. The number of anilines is 1. The molecule has 2 nitrogen and oxygen atoms in total. The van der Waals surface area contributed by atoms with Crippen molar-refractivity contribution in [1.82, 2.24) is 0 Å². The van der Waals surface area contributed by atoms with Gasteiger partial charge >= 0.3 is 0 Å². The van der Waals surface area contributed by atoms with Crippen molar-refractivity contribution >= 4 is 5.69 Å². The number of phenolic OH excluding ortho intramolecular Hbond substituents is 1. The average Bonchev–Trinajstić information content (AvgIpc) is 2.65. The Kier molecular flexibility index (Phi) is 14.1. The Bertz CT molecular complexity index is 414. The van der Waals surface area contributed by atoms with E-state index in [9.17, 15) is 5.11 Å². The van der Waals surface area contributed by atoms with Crippen molar-refractivity contribution in [3.8, 4) is 5.75 Å². The molecule has 0 bridgehead atoms. The van der Waals surface area contributed by atoms with Crippen LogP contribution in [-0.4, -0.2) is 18.2 Å². The Balaban J connectivity index is 2.32. The zero-order valence-electron chi connectivity index (χ0n) is 17.5. The first-order chi connectivity index (χ1) is 12.8. The van der Waals surface area contributed by atoms with E-state index < -0.39 is 0 Å². The number of para-hydroxylation sites is 2. The van der Waals surface area contributed by atoms with E-state index in [2.05, 4.69) is 24.8 Å². The molecule has 26 heavy (non-hydrogen) atoms. The number of nitrogens with zero attached hydrogens (tertiary/aromatic N) is 1. The van der Waals surface area contributed by atoms with Crippen molar-refractivity contribution in [2.24, 2.45) is 0 Å². The molecular weight excluding hydrogens is 318 g/mol. The van der Waals surface area contributed by atoms with Gasteiger partial charge in [0.15, 0.2) is 0 Å². The molecule has 0 fully saturated rings. The van der Waals surface area contributed by atoms with Gasteiger partial charge in [-0.15, -0.1) is 0 Å². The van der Waals surface area contributed by atoms with E-state index in [-0.39, 0.29) is 0 Å². The third-order valence-electron chi connectivity index (χ3n) is 5.29. The maximum absolute atomic E-state index is 10.2. The molecule has 0 heterocycles. The van der Waals surface area contributed by atoms with E-state index >= 15 is 0 Å². The van der Waals surface area contributed by atoms with Crippen LogP contribution in [0, 0.1) is 0 Å². The number of hydrogen-bond donors (Lipinski definition) is 1. The quantitative estimate of drug-likeness (QED) is 0.287. The highest BCUT2D eigenvalue weighted by atomic mass is 16.3. The van der Waals surface area contributed by atoms with Gasteiger partial charge in [0.05, 0.1) is 5.69 Å². The minimum absolute atomic E-state index is 0.429. The highest BCUT2D eigenvalue weighted by Crippen LogP contribution is 2.27. The summed E-state index contributed by atoms with van der Waals surface area (Å²) < 4.78 is 0. The Morgan fingerprint density at radius 2 is 1.04 bits per heavy atom. The lowest BCUT2D eigenvalue weighted by atomic mass is 10.1. The van der Waals surface area contributed by atoms with Crippen molar-refractivity contribution in [2.75, 3.05) is 18.0 Å². The van der Waals surface area contributed by atoms with E-state index in [0.29, 0.717) is 5.75 Å². The molecule has 0 spiro atoms. The number of rotatable bonds is 17. The van der Waals surface area contributed by atoms with Crippen molar-refractivity contribution in [3.05, 3.63) is 24.3 Å². The molecule has 0 aliphatic carbocycles. The van der Waals surface area contributed by atoms with Gasteiger partial charge in [-0.25, -0.2) is 0 Å². The Hall–Kier alpha value is -1.18. The van der Waals surface area contributed by atoms with Crippen LogP contribution in [0.2, 0.25) is 0 Å². The topological polar surface area (TPSA) is 23.5 Å². The lowest BCUT2D eigenvalue weighted by Crippen LogP contribution is -2.25. The van der Waals surface area contributed by atoms with Crippen LogP contribution in [-0.2, 0) is 0 Å². The molecule has 1 aromatic carbocycles. The maximum Gasteiger partial charge on any atom is 0.138 e. The van der Waals surface area contributed by atoms with Crippen LogP contribution in [0.4, 0.5) is 5.69 Å². The number of phenols is 1. The predicted molar refractivity (Wildman–Crippen MR) is 116 cm³/mol. The molecule has 1 rings (SSSR count). The highest BCUT2D eigenvalue weighted by molar-refractivity contribution is 5.57. The van der Waals surface area contributed by atoms with Gasteiger partial charge in [-0.1, -0.05) is 103 Å². The molecule has 0 saturated carbocycles. The Morgan fingerprint density at radius 1 is 0.615 bits per heavy atom. The first-order valence-corrected chi connectivity index (χ1v) is 11.3. The second-order valence-electron chi connectivity index (χ2n) is 7.72. The van der Waals surface area contributed by atoms with E-state index in [1.165, 1.54) is 89.9 Å². The molecule has 0 saturated heterocycles. The van der Waals surface area contributed by atoms with Crippen molar-refractivity contribution < 1.29 is 5.11 Å². The van der Waals surface area contributed by atoms with Gasteiger partial charge in [0.2, 0.25) is 0 Å². The summed E-state index contributed by atoms with van der Waals surface area (Å²) in [5.74, 6) is 0.429. The lowest BCUT2D eigenvalue weighted by molar-refractivity contribution is 0.472. The first kappa shape index (κ1) is 22.9. The van der Waals surface area contributed by atoms with E-state index in [4.69, 9.17) is 0 Å². The summed E-state index contributed by atoms with van der Waals surface area (Å²) in [5, 5.41) is 10.2. The van der Waals surface area contributed by atoms with Crippen LogP contribution < -0.4 is 4.90 Å². The molecule has 1 N–H and O–H groups in total. The number of hydrogen-bond acceptors (Lipinski definition) is 2. The summed E-state index contributed by atoms with van der Waals surface area (Å²) in [5.41, 5.74) is 1.02. The molecule has 2 heteroatoms. The van der Waals surface area contributed by atoms with Crippen LogP contribution >= 0.6 is 0 Å². The smallest absolute Gasteiger partial charge is 0.138 e. The molecule has 0 aliphatic rings. The van der Waals surface area contributed by atoms with Gasteiger partial charge in [-0.05, 0) is 25.0 Å². The van der Waals surface area contributed by atoms with Crippen LogP contribution in [0.15, 0.2) is 24.3 Å². The largest absolute Gasteiger partial charge is 0.506 e. The van der Waals surface area contributed by atoms with Gasteiger partial charge < -0.3 is 10.0 Å². The van der Waals surface area contributed by atoms with Crippen LogP contribution in [0.5, 0.6) is 5.75 Å². The van der Waals surface area contributed by atoms with Gasteiger partial charge in [0, 0.05) is 13.1 Å². The summed E-state index contributed by atoms with van der Waals surface area (Å²) in [4.78, 5) is 2.41. The molecule has 1 aromatic rings. The zero-order chi connectivity index (χ0) is 18.9. The molecule has 150 valence electrons. The first-order valence-electron chi connectivity index (χ1n) is 11.3. The third kappa shape index (κ3) is 10.7. The standard InChI is InChI=1S/C24H43NO/c1-3-5-7-9-11-13-17-21-25(23-19-15-16-20-24(23)26)22-18-14-12-10-8-6-4-2/h15-16,19-20,26H,3-14,17-18,21-22H2,1-2H3. The summed E-state index contributed by atoms with van der Waals surface area (Å²) >= 11 is 0. The van der Waals surface area contributed by atoms with Crippen LogP contribution in [0.3, 0.4) is 0 Å². The number of aromatic hydroxyl groups is 1. The lowest BCUT2D eigenvalue weighted by Gasteiger charge is -2.25.